The number of rotatable bonds is 5. The number of nitrogens with one attached hydrogen (secondary N) is 1. The smallest absolute Gasteiger partial charge is 0.407 e. The Morgan fingerprint density at radius 1 is 1.42 bits per heavy atom. The molecule has 1 fully saturated rings. The minimum Gasteiger partial charge on any atom is -0.465 e. The summed E-state index contributed by atoms with van der Waals surface area (Å²) < 4.78 is 5.19. The summed E-state index contributed by atoms with van der Waals surface area (Å²) in [6, 6.07) is 0.0242. The molecular formula is C13H24N2O4. The Kier molecular flexibility index (Phi) is 5.60. The van der Waals surface area contributed by atoms with Gasteiger partial charge in [-0.2, -0.15) is 0 Å². The topological polar surface area (TPSA) is 78.9 Å². The number of esters is 1. The number of carbonyl (C=O) groups is 2. The van der Waals surface area contributed by atoms with Crippen LogP contribution in [0.25, 0.3) is 0 Å². The maximum absolute atomic E-state index is 11.5. The predicted molar refractivity (Wildman–Crippen MR) is 71.1 cm³/mol. The van der Waals surface area contributed by atoms with Crippen LogP contribution in [0.1, 0.15) is 40.0 Å². The van der Waals surface area contributed by atoms with Crippen molar-refractivity contribution in [2.75, 3.05) is 19.6 Å². The van der Waals surface area contributed by atoms with Crippen LogP contribution in [0.5, 0.6) is 0 Å². The van der Waals surface area contributed by atoms with E-state index in [1.807, 2.05) is 20.8 Å². The molecule has 0 saturated carbocycles. The van der Waals surface area contributed by atoms with Crippen molar-refractivity contribution in [3.8, 4) is 0 Å². The summed E-state index contributed by atoms with van der Waals surface area (Å²) in [6.07, 6.45) is 1.23. The highest BCUT2D eigenvalue weighted by molar-refractivity contribution is 5.70. The molecule has 0 aromatic rings. The Morgan fingerprint density at radius 2 is 2.11 bits per heavy atom. The predicted octanol–water partition coefficient (Wildman–Crippen LogP) is 1.45. The molecule has 0 spiro atoms. The summed E-state index contributed by atoms with van der Waals surface area (Å²) in [5.74, 6) is -0.235. The highest BCUT2D eigenvalue weighted by atomic mass is 16.6. The molecule has 1 saturated heterocycles. The lowest BCUT2D eigenvalue weighted by molar-refractivity contribution is -0.154. The first-order valence-electron chi connectivity index (χ1n) is 6.72. The molecule has 0 radical (unpaired) electrons. The van der Waals surface area contributed by atoms with Crippen LogP contribution in [0, 0.1) is 0 Å². The maximum atomic E-state index is 11.5. The molecule has 6 nitrogen and oxygen atoms in total. The van der Waals surface area contributed by atoms with Crippen molar-refractivity contribution in [3.05, 3.63) is 0 Å². The normalized spacial score (nSPS) is 19.5. The molecule has 2 N–H and O–H groups in total. The van der Waals surface area contributed by atoms with Crippen LogP contribution in [-0.2, 0) is 9.53 Å². The van der Waals surface area contributed by atoms with Gasteiger partial charge in [0.1, 0.15) is 5.60 Å². The lowest BCUT2D eigenvalue weighted by Gasteiger charge is -2.22. The fourth-order valence-corrected chi connectivity index (χ4v) is 2.15. The summed E-state index contributed by atoms with van der Waals surface area (Å²) in [6.45, 7) is 7.21. The number of amides is 1. The highest BCUT2D eigenvalue weighted by Crippen LogP contribution is 2.16. The molecule has 19 heavy (non-hydrogen) atoms. The Labute approximate surface area is 114 Å². The van der Waals surface area contributed by atoms with Gasteiger partial charge in [0.15, 0.2) is 0 Å². The third kappa shape index (κ3) is 5.92. The number of nitrogens with zero attached hydrogens (tertiary/aromatic N) is 1. The van der Waals surface area contributed by atoms with Gasteiger partial charge >= 0.3 is 12.1 Å². The van der Waals surface area contributed by atoms with Crippen LogP contribution >= 0.6 is 0 Å². The maximum Gasteiger partial charge on any atom is 0.407 e. The van der Waals surface area contributed by atoms with Crippen LogP contribution in [0.4, 0.5) is 4.79 Å². The van der Waals surface area contributed by atoms with E-state index < -0.39 is 11.7 Å². The van der Waals surface area contributed by atoms with Crippen LogP contribution in [0.15, 0.2) is 0 Å². The molecule has 0 aliphatic carbocycles. The highest BCUT2D eigenvalue weighted by Gasteiger charge is 2.27. The van der Waals surface area contributed by atoms with Crippen molar-refractivity contribution >= 4 is 12.1 Å². The number of hydrogen-bond acceptors (Lipinski definition) is 4. The van der Waals surface area contributed by atoms with E-state index in [0.717, 1.165) is 12.8 Å². The quantitative estimate of drug-likeness (QED) is 0.585. The van der Waals surface area contributed by atoms with E-state index in [4.69, 9.17) is 9.84 Å². The summed E-state index contributed by atoms with van der Waals surface area (Å²) in [7, 11) is 0. The van der Waals surface area contributed by atoms with Gasteiger partial charge in [-0.05, 0) is 33.6 Å². The number of hydrogen-bond donors (Lipinski definition) is 2. The zero-order chi connectivity index (χ0) is 14.5. The van der Waals surface area contributed by atoms with E-state index in [1.54, 1.807) is 0 Å². The molecular weight excluding hydrogens is 248 g/mol. The van der Waals surface area contributed by atoms with Gasteiger partial charge in [0.25, 0.3) is 0 Å². The number of likely N-dealkylation sites (tertiary alicyclic amines) is 1. The molecule has 6 heteroatoms. The molecule has 110 valence electrons. The van der Waals surface area contributed by atoms with E-state index in [-0.39, 0.29) is 12.0 Å². The van der Waals surface area contributed by atoms with Gasteiger partial charge in [-0.15, -0.1) is 0 Å². The van der Waals surface area contributed by atoms with E-state index in [0.29, 0.717) is 26.1 Å². The molecule has 1 aliphatic rings. The second-order valence-electron chi connectivity index (χ2n) is 5.81. The van der Waals surface area contributed by atoms with Crippen molar-refractivity contribution in [2.24, 2.45) is 0 Å². The molecule has 1 amide bonds. The van der Waals surface area contributed by atoms with Crippen LogP contribution < -0.4 is 5.32 Å². The Hall–Kier alpha value is -1.30. The first-order chi connectivity index (χ1) is 8.79. The Morgan fingerprint density at radius 3 is 2.68 bits per heavy atom. The lowest BCUT2D eigenvalue weighted by Crippen LogP contribution is -2.41. The second kappa shape index (κ2) is 6.75. The van der Waals surface area contributed by atoms with Crippen molar-refractivity contribution in [1.29, 1.82) is 0 Å². The van der Waals surface area contributed by atoms with Crippen LogP contribution in [0.2, 0.25) is 0 Å². The first-order valence-corrected chi connectivity index (χ1v) is 6.72. The van der Waals surface area contributed by atoms with Crippen molar-refractivity contribution < 1.29 is 19.4 Å². The third-order valence-corrected chi connectivity index (χ3v) is 2.93. The standard InChI is InChI=1S/C13H24N2O4/c1-13(2,3)19-11(16)6-7-14-9-10-5-4-8-15(10)12(17)18/h10,14H,4-9H2,1-3H3,(H,17,18). The van der Waals surface area contributed by atoms with Gasteiger partial charge in [0.05, 0.1) is 6.42 Å². The van der Waals surface area contributed by atoms with Crippen molar-refractivity contribution in [2.45, 2.75) is 51.7 Å². The Bertz CT molecular complexity index is 325. The van der Waals surface area contributed by atoms with Crippen LogP contribution in [0.3, 0.4) is 0 Å². The Balaban J connectivity index is 2.17. The minimum atomic E-state index is -0.864. The summed E-state index contributed by atoms with van der Waals surface area (Å²) in [4.78, 5) is 23.9. The molecule has 0 bridgehead atoms. The summed E-state index contributed by atoms with van der Waals surface area (Å²) in [5, 5.41) is 12.1. The molecule has 1 unspecified atom stereocenters. The van der Waals surface area contributed by atoms with Crippen molar-refractivity contribution in [3.63, 3.8) is 0 Å². The molecule has 1 atom stereocenters. The fourth-order valence-electron chi connectivity index (χ4n) is 2.15. The van der Waals surface area contributed by atoms with E-state index in [1.165, 1.54) is 4.90 Å². The largest absolute Gasteiger partial charge is 0.465 e. The SMILES string of the molecule is CC(C)(C)OC(=O)CCNCC1CCCN1C(=O)O. The number of carbonyl (C=O) groups excluding carboxylic acids is 1. The van der Waals surface area contributed by atoms with Gasteiger partial charge in [-0.1, -0.05) is 0 Å². The third-order valence-electron chi connectivity index (χ3n) is 2.93. The van der Waals surface area contributed by atoms with Gasteiger partial charge in [0.2, 0.25) is 0 Å². The van der Waals surface area contributed by atoms with Gasteiger partial charge < -0.3 is 20.1 Å². The van der Waals surface area contributed by atoms with E-state index >= 15 is 0 Å². The zero-order valence-electron chi connectivity index (χ0n) is 11.9. The van der Waals surface area contributed by atoms with Crippen LogP contribution in [-0.4, -0.2) is 53.3 Å². The van der Waals surface area contributed by atoms with Crippen molar-refractivity contribution in [1.82, 2.24) is 10.2 Å². The zero-order valence-corrected chi connectivity index (χ0v) is 11.9. The van der Waals surface area contributed by atoms with Gasteiger partial charge in [-0.25, -0.2) is 4.79 Å². The lowest BCUT2D eigenvalue weighted by atomic mass is 10.2. The second-order valence-corrected chi connectivity index (χ2v) is 5.81. The number of ether oxygens (including phenoxy) is 1. The average molecular weight is 272 g/mol. The monoisotopic (exact) mass is 272 g/mol. The molecule has 0 aromatic heterocycles. The fraction of sp³-hybridized carbons (Fsp3) is 0.846. The minimum absolute atomic E-state index is 0.0242. The average Bonchev–Trinajstić information content (AvgIpc) is 2.70. The first kappa shape index (κ1) is 15.8. The molecule has 1 aliphatic heterocycles. The van der Waals surface area contributed by atoms with E-state index in [2.05, 4.69) is 5.32 Å². The number of carboxylic acid groups (broad SMARTS) is 1. The van der Waals surface area contributed by atoms with Gasteiger partial charge in [0, 0.05) is 25.7 Å². The summed E-state index contributed by atoms with van der Waals surface area (Å²) in [5.41, 5.74) is -0.456. The molecule has 0 aromatic carbocycles. The molecule has 1 rings (SSSR count). The van der Waals surface area contributed by atoms with E-state index in [9.17, 15) is 9.59 Å². The van der Waals surface area contributed by atoms with Gasteiger partial charge in [-0.3, -0.25) is 4.79 Å². The summed E-state index contributed by atoms with van der Waals surface area (Å²) >= 11 is 0. The molecule has 1 heterocycles.